The molecular formula is C18H12ClN3O4. The molecule has 130 valence electrons. The summed E-state index contributed by atoms with van der Waals surface area (Å²) in [6.07, 6.45) is 1.36. The number of benzene rings is 2. The quantitative estimate of drug-likeness (QED) is 0.412. The van der Waals surface area contributed by atoms with Gasteiger partial charge in [-0.15, -0.1) is 0 Å². The number of halogens is 1. The van der Waals surface area contributed by atoms with Crippen molar-refractivity contribution in [2.75, 3.05) is 0 Å². The summed E-state index contributed by atoms with van der Waals surface area (Å²) in [5.74, 6) is 0.615. The van der Waals surface area contributed by atoms with E-state index < -0.39 is 10.8 Å². The van der Waals surface area contributed by atoms with Crippen molar-refractivity contribution >= 4 is 29.4 Å². The zero-order valence-corrected chi connectivity index (χ0v) is 14.0. The molecule has 2 aromatic carbocycles. The van der Waals surface area contributed by atoms with Crippen LogP contribution in [0, 0.1) is 10.1 Å². The topological polar surface area (TPSA) is 97.7 Å². The summed E-state index contributed by atoms with van der Waals surface area (Å²) in [4.78, 5) is 22.0. The van der Waals surface area contributed by atoms with Crippen LogP contribution in [0.5, 0.6) is 0 Å². The SMILES string of the molecule is O=C(N/N=C/c1ccc(-c2ccc(Cl)cc2)o1)c1ccc([N+](=O)[O-])cc1. The van der Waals surface area contributed by atoms with E-state index in [2.05, 4.69) is 10.5 Å². The monoisotopic (exact) mass is 369 g/mol. The number of hydrazone groups is 1. The number of hydrogen-bond donors (Lipinski definition) is 1. The van der Waals surface area contributed by atoms with Crippen molar-refractivity contribution in [3.63, 3.8) is 0 Å². The van der Waals surface area contributed by atoms with Crippen LogP contribution in [0.15, 0.2) is 70.2 Å². The van der Waals surface area contributed by atoms with Crippen molar-refractivity contribution in [1.82, 2.24) is 5.43 Å². The Morgan fingerprint density at radius 3 is 2.42 bits per heavy atom. The van der Waals surface area contributed by atoms with Crippen LogP contribution in [-0.4, -0.2) is 17.0 Å². The average Bonchev–Trinajstić information content (AvgIpc) is 3.11. The zero-order valence-electron chi connectivity index (χ0n) is 13.3. The number of hydrogen-bond acceptors (Lipinski definition) is 5. The Hall–Kier alpha value is -3.45. The van der Waals surface area contributed by atoms with Crippen molar-refractivity contribution in [3.8, 4) is 11.3 Å². The molecule has 0 spiro atoms. The lowest BCUT2D eigenvalue weighted by Gasteiger charge is -1.99. The lowest BCUT2D eigenvalue weighted by Crippen LogP contribution is -2.17. The van der Waals surface area contributed by atoms with E-state index in [1.54, 1.807) is 24.3 Å². The van der Waals surface area contributed by atoms with Crippen molar-refractivity contribution < 1.29 is 14.1 Å². The van der Waals surface area contributed by atoms with E-state index in [9.17, 15) is 14.9 Å². The van der Waals surface area contributed by atoms with Gasteiger partial charge in [0, 0.05) is 28.3 Å². The molecule has 8 heteroatoms. The Balaban J connectivity index is 1.62. The van der Waals surface area contributed by atoms with E-state index in [4.69, 9.17) is 16.0 Å². The lowest BCUT2D eigenvalue weighted by atomic mass is 10.2. The highest BCUT2D eigenvalue weighted by Crippen LogP contribution is 2.23. The summed E-state index contributed by atoms with van der Waals surface area (Å²) in [7, 11) is 0. The van der Waals surface area contributed by atoms with Crippen LogP contribution in [0.2, 0.25) is 5.02 Å². The van der Waals surface area contributed by atoms with E-state index >= 15 is 0 Å². The molecule has 0 saturated carbocycles. The van der Waals surface area contributed by atoms with Crippen LogP contribution in [0.3, 0.4) is 0 Å². The number of nitro groups is 1. The third-order valence-electron chi connectivity index (χ3n) is 3.45. The maximum absolute atomic E-state index is 11.9. The van der Waals surface area contributed by atoms with E-state index in [-0.39, 0.29) is 11.3 Å². The first-order valence-electron chi connectivity index (χ1n) is 7.46. The number of nitrogens with zero attached hydrogens (tertiary/aromatic N) is 2. The van der Waals surface area contributed by atoms with Gasteiger partial charge in [0.25, 0.3) is 11.6 Å². The molecule has 0 radical (unpaired) electrons. The Morgan fingerprint density at radius 2 is 1.77 bits per heavy atom. The lowest BCUT2D eigenvalue weighted by molar-refractivity contribution is -0.384. The van der Waals surface area contributed by atoms with Gasteiger partial charge in [-0.25, -0.2) is 5.43 Å². The summed E-state index contributed by atoms with van der Waals surface area (Å²) in [5, 5.41) is 15.1. The number of carbonyl (C=O) groups is 1. The Bertz CT molecular complexity index is 963. The van der Waals surface area contributed by atoms with Crippen LogP contribution in [0.25, 0.3) is 11.3 Å². The number of nitro benzene ring substituents is 1. The third kappa shape index (κ3) is 4.14. The maximum atomic E-state index is 11.9. The predicted molar refractivity (Wildman–Crippen MR) is 97.3 cm³/mol. The second kappa shape index (κ2) is 7.62. The summed E-state index contributed by atoms with van der Waals surface area (Å²) in [6, 6.07) is 15.9. The summed E-state index contributed by atoms with van der Waals surface area (Å²) in [5.41, 5.74) is 3.37. The number of rotatable bonds is 5. The fourth-order valence-electron chi connectivity index (χ4n) is 2.15. The fraction of sp³-hybridized carbons (Fsp3) is 0. The molecule has 0 aliphatic carbocycles. The Morgan fingerprint density at radius 1 is 1.08 bits per heavy atom. The first-order valence-corrected chi connectivity index (χ1v) is 7.84. The van der Waals surface area contributed by atoms with Gasteiger partial charge in [-0.1, -0.05) is 11.6 Å². The molecule has 1 heterocycles. The molecule has 0 bridgehead atoms. The van der Waals surface area contributed by atoms with Gasteiger partial charge in [0.15, 0.2) is 0 Å². The first kappa shape index (κ1) is 17.4. The second-order valence-corrected chi connectivity index (χ2v) is 5.65. The van der Waals surface area contributed by atoms with Crippen LogP contribution in [-0.2, 0) is 0 Å². The van der Waals surface area contributed by atoms with Gasteiger partial charge in [-0.2, -0.15) is 5.10 Å². The average molecular weight is 370 g/mol. The highest BCUT2D eigenvalue weighted by atomic mass is 35.5. The largest absolute Gasteiger partial charge is 0.455 e. The van der Waals surface area contributed by atoms with E-state index in [1.165, 1.54) is 30.5 Å². The first-order chi connectivity index (χ1) is 12.5. The number of non-ortho nitro benzene ring substituents is 1. The molecule has 0 fully saturated rings. The Kier molecular flexibility index (Phi) is 5.09. The number of furan rings is 1. The molecule has 26 heavy (non-hydrogen) atoms. The van der Waals surface area contributed by atoms with E-state index in [1.807, 2.05) is 12.1 Å². The normalized spacial score (nSPS) is 10.8. The minimum atomic E-state index is -0.533. The number of amides is 1. The third-order valence-corrected chi connectivity index (χ3v) is 3.71. The highest BCUT2D eigenvalue weighted by Gasteiger charge is 2.09. The molecule has 0 aliphatic rings. The van der Waals surface area contributed by atoms with Gasteiger partial charge >= 0.3 is 0 Å². The van der Waals surface area contributed by atoms with Crippen molar-refractivity contribution in [2.24, 2.45) is 5.10 Å². The molecule has 1 N–H and O–H groups in total. The van der Waals surface area contributed by atoms with Crippen molar-refractivity contribution in [2.45, 2.75) is 0 Å². The van der Waals surface area contributed by atoms with Crippen LogP contribution < -0.4 is 5.43 Å². The van der Waals surface area contributed by atoms with Crippen LogP contribution in [0.1, 0.15) is 16.1 Å². The molecule has 3 aromatic rings. The molecule has 0 saturated heterocycles. The summed E-state index contributed by atoms with van der Waals surface area (Å²) < 4.78 is 5.62. The van der Waals surface area contributed by atoms with Gasteiger partial charge in [0.05, 0.1) is 11.1 Å². The predicted octanol–water partition coefficient (Wildman–Crippen LogP) is 4.27. The highest BCUT2D eigenvalue weighted by molar-refractivity contribution is 6.30. The fourth-order valence-corrected chi connectivity index (χ4v) is 2.27. The van der Waals surface area contributed by atoms with Crippen LogP contribution in [0.4, 0.5) is 5.69 Å². The van der Waals surface area contributed by atoms with Gasteiger partial charge < -0.3 is 4.42 Å². The van der Waals surface area contributed by atoms with E-state index in [0.29, 0.717) is 16.5 Å². The van der Waals surface area contributed by atoms with Gasteiger partial charge in [-0.3, -0.25) is 14.9 Å². The van der Waals surface area contributed by atoms with Crippen molar-refractivity contribution in [3.05, 3.63) is 87.1 Å². The smallest absolute Gasteiger partial charge is 0.271 e. The minimum absolute atomic E-state index is 0.0876. The summed E-state index contributed by atoms with van der Waals surface area (Å²) in [6.45, 7) is 0. The zero-order chi connectivity index (χ0) is 18.5. The number of carbonyl (C=O) groups excluding carboxylic acids is 1. The van der Waals surface area contributed by atoms with Gasteiger partial charge in [-0.05, 0) is 48.5 Å². The molecule has 1 amide bonds. The molecule has 3 rings (SSSR count). The summed E-state index contributed by atoms with van der Waals surface area (Å²) >= 11 is 5.85. The number of nitrogens with one attached hydrogen (secondary N) is 1. The molecular weight excluding hydrogens is 358 g/mol. The maximum Gasteiger partial charge on any atom is 0.271 e. The molecule has 0 atom stereocenters. The second-order valence-electron chi connectivity index (χ2n) is 5.21. The molecule has 0 aliphatic heterocycles. The molecule has 7 nitrogen and oxygen atoms in total. The molecule has 0 unspecified atom stereocenters. The standard InChI is InChI=1S/C18H12ClN3O4/c19-14-5-1-12(2-6-14)17-10-9-16(26-17)11-20-21-18(23)13-3-7-15(8-4-13)22(24)25/h1-11H,(H,21,23)/b20-11+. The van der Waals surface area contributed by atoms with Crippen LogP contribution >= 0.6 is 11.6 Å². The van der Waals surface area contributed by atoms with Crippen molar-refractivity contribution in [1.29, 1.82) is 0 Å². The Labute approximate surface area is 153 Å². The molecule has 1 aromatic heterocycles. The van der Waals surface area contributed by atoms with E-state index in [0.717, 1.165) is 5.56 Å². The minimum Gasteiger partial charge on any atom is -0.455 e. The van der Waals surface area contributed by atoms with Gasteiger partial charge in [0.1, 0.15) is 11.5 Å². The van der Waals surface area contributed by atoms with Gasteiger partial charge in [0.2, 0.25) is 0 Å².